The first-order valence-corrected chi connectivity index (χ1v) is 9.99. The highest BCUT2D eigenvalue weighted by Crippen LogP contribution is 2.28. The summed E-state index contributed by atoms with van der Waals surface area (Å²) in [5.41, 5.74) is 2.86. The van der Waals surface area contributed by atoms with E-state index in [1.165, 1.54) is 24.4 Å². The second-order valence-electron chi connectivity index (χ2n) is 6.75. The van der Waals surface area contributed by atoms with E-state index in [2.05, 4.69) is 10.5 Å². The van der Waals surface area contributed by atoms with Gasteiger partial charge in [-0.05, 0) is 41.1 Å². The first-order valence-electron chi connectivity index (χ1n) is 9.61. The van der Waals surface area contributed by atoms with Crippen LogP contribution in [-0.2, 0) is 0 Å². The highest BCUT2D eigenvalue weighted by molar-refractivity contribution is 6.33. The van der Waals surface area contributed by atoms with E-state index in [4.69, 9.17) is 16.3 Å². The molecular weight excluding hydrogens is 431 g/mol. The summed E-state index contributed by atoms with van der Waals surface area (Å²) in [6.45, 7) is 0. The molecule has 1 amide bonds. The van der Waals surface area contributed by atoms with Gasteiger partial charge in [-0.25, -0.2) is 14.6 Å². The largest absolute Gasteiger partial charge is 0.422 e. The van der Waals surface area contributed by atoms with Gasteiger partial charge in [-0.3, -0.25) is 4.79 Å². The second kappa shape index (κ2) is 9.41. The van der Waals surface area contributed by atoms with Crippen LogP contribution in [0.3, 0.4) is 0 Å². The first-order chi connectivity index (χ1) is 15.5. The third-order valence-electron chi connectivity index (χ3n) is 4.71. The number of esters is 1. The highest BCUT2D eigenvalue weighted by Gasteiger charge is 2.16. The number of benzene rings is 4. The summed E-state index contributed by atoms with van der Waals surface area (Å²) in [5, 5.41) is 5.86. The zero-order valence-corrected chi connectivity index (χ0v) is 17.3. The third-order valence-corrected chi connectivity index (χ3v) is 5.03. The van der Waals surface area contributed by atoms with Gasteiger partial charge in [0.15, 0.2) is 0 Å². The van der Waals surface area contributed by atoms with Crippen LogP contribution < -0.4 is 10.2 Å². The smallest absolute Gasteiger partial charge is 0.345 e. The molecule has 4 aromatic carbocycles. The Morgan fingerprint density at radius 2 is 1.56 bits per heavy atom. The van der Waals surface area contributed by atoms with E-state index in [9.17, 15) is 14.0 Å². The van der Waals surface area contributed by atoms with Gasteiger partial charge >= 0.3 is 5.97 Å². The molecule has 158 valence electrons. The number of halogens is 2. The summed E-state index contributed by atoms with van der Waals surface area (Å²) < 4.78 is 19.4. The van der Waals surface area contributed by atoms with Crippen LogP contribution >= 0.6 is 11.6 Å². The molecule has 0 heterocycles. The van der Waals surface area contributed by atoms with E-state index in [-0.39, 0.29) is 21.9 Å². The number of hydrogen-bond donors (Lipinski definition) is 1. The predicted molar refractivity (Wildman–Crippen MR) is 122 cm³/mol. The van der Waals surface area contributed by atoms with Gasteiger partial charge in [-0.1, -0.05) is 66.2 Å². The molecule has 1 N–H and O–H groups in total. The molecule has 32 heavy (non-hydrogen) atoms. The molecule has 0 fully saturated rings. The van der Waals surface area contributed by atoms with Gasteiger partial charge in [0.2, 0.25) is 0 Å². The third kappa shape index (κ3) is 4.50. The Labute approximate surface area is 188 Å². The lowest BCUT2D eigenvalue weighted by atomic mass is 10.0. The predicted octanol–water partition coefficient (Wildman–Crippen LogP) is 5.62. The minimum atomic E-state index is -0.700. The Balaban J connectivity index is 1.65. The van der Waals surface area contributed by atoms with Crippen LogP contribution in [0.2, 0.25) is 5.02 Å². The number of amides is 1. The number of hydrazone groups is 1. The van der Waals surface area contributed by atoms with Gasteiger partial charge in [0.25, 0.3) is 5.91 Å². The molecule has 5 nitrogen and oxygen atoms in total. The molecular formula is C25H16ClFN2O3. The SMILES string of the molecule is O=C(N/N=C/c1c(OC(=O)c2ccccc2Cl)ccc2ccccc12)c1ccccc1F. The summed E-state index contributed by atoms with van der Waals surface area (Å²) in [7, 11) is 0. The van der Waals surface area contributed by atoms with Gasteiger partial charge in [0.05, 0.1) is 22.4 Å². The van der Waals surface area contributed by atoms with Crippen molar-refractivity contribution in [1.82, 2.24) is 5.43 Å². The van der Waals surface area contributed by atoms with E-state index >= 15 is 0 Å². The molecule has 0 saturated heterocycles. The van der Waals surface area contributed by atoms with Crippen LogP contribution in [0.15, 0.2) is 90.0 Å². The molecule has 4 aromatic rings. The van der Waals surface area contributed by atoms with Crippen molar-refractivity contribution in [3.63, 3.8) is 0 Å². The van der Waals surface area contributed by atoms with Gasteiger partial charge < -0.3 is 4.74 Å². The summed E-state index contributed by atoms with van der Waals surface area (Å²) in [6, 6.07) is 23.0. The zero-order valence-electron chi connectivity index (χ0n) is 16.6. The monoisotopic (exact) mass is 446 g/mol. The standard InChI is InChI=1S/C25H16ClFN2O3/c26-21-11-5-3-9-18(21)25(31)32-23-14-13-16-7-1-2-8-17(16)20(23)15-28-29-24(30)19-10-4-6-12-22(19)27/h1-15H,(H,29,30)/b28-15+. The molecule has 0 aromatic heterocycles. The number of hydrogen-bond acceptors (Lipinski definition) is 4. The van der Waals surface area contributed by atoms with Crippen molar-refractivity contribution >= 4 is 40.5 Å². The fraction of sp³-hybridized carbons (Fsp3) is 0. The fourth-order valence-electron chi connectivity index (χ4n) is 3.14. The van der Waals surface area contributed by atoms with Crippen LogP contribution in [-0.4, -0.2) is 18.1 Å². The number of rotatable bonds is 5. The van der Waals surface area contributed by atoms with E-state index in [0.717, 1.165) is 10.8 Å². The van der Waals surface area contributed by atoms with Gasteiger partial charge in [0.1, 0.15) is 11.6 Å². The molecule has 0 unspecified atom stereocenters. The number of fused-ring (bicyclic) bond motifs is 1. The maximum atomic E-state index is 13.8. The second-order valence-corrected chi connectivity index (χ2v) is 7.15. The number of ether oxygens (including phenoxy) is 1. The van der Waals surface area contributed by atoms with Crippen molar-refractivity contribution in [3.05, 3.63) is 112 Å². The molecule has 0 radical (unpaired) electrons. The number of carbonyl (C=O) groups is 2. The Morgan fingerprint density at radius 3 is 2.34 bits per heavy atom. The molecule has 0 aliphatic rings. The molecule has 0 spiro atoms. The molecule has 4 rings (SSSR count). The zero-order chi connectivity index (χ0) is 22.5. The lowest BCUT2D eigenvalue weighted by Crippen LogP contribution is -2.19. The Kier molecular flexibility index (Phi) is 6.24. The average molecular weight is 447 g/mol. The van der Waals surface area contributed by atoms with Crippen LogP contribution in [0.25, 0.3) is 10.8 Å². The van der Waals surface area contributed by atoms with Crippen molar-refractivity contribution in [2.75, 3.05) is 0 Å². The van der Waals surface area contributed by atoms with Crippen molar-refractivity contribution in [2.24, 2.45) is 5.10 Å². The Morgan fingerprint density at radius 1 is 0.875 bits per heavy atom. The normalized spacial score (nSPS) is 10.9. The van der Waals surface area contributed by atoms with Crippen molar-refractivity contribution < 1.29 is 18.7 Å². The fourth-order valence-corrected chi connectivity index (χ4v) is 3.35. The topological polar surface area (TPSA) is 67.8 Å². The maximum Gasteiger partial charge on any atom is 0.345 e. The van der Waals surface area contributed by atoms with Crippen molar-refractivity contribution in [2.45, 2.75) is 0 Å². The van der Waals surface area contributed by atoms with Gasteiger partial charge in [0, 0.05) is 5.56 Å². The van der Waals surface area contributed by atoms with Crippen molar-refractivity contribution in [1.29, 1.82) is 0 Å². The van der Waals surface area contributed by atoms with Crippen LogP contribution in [0.1, 0.15) is 26.3 Å². The minimum absolute atomic E-state index is 0.132. The van der Waals surface area contributed by atoms with E-state index in [1.54, 1.807) is 42.5 Å². The Bertz CT molecular complexity index is 1350. The summed E-state index contributed by atoms with van der Waals surface area (Å²) in [4.78, 5) is 24.9. The molecule has 0 aliphatic carbocycles. The maximum absolute atomic E-state index is 13.8. The average Bonchev–Trinajstić information content (AvgIpc) is 2.80. The van der Waals surface area contributed by atoms with E-state index in [1.807, 2.05) is 24.3 Å². The molecule has 0 bridgehead atoms. The lowest BCUT2D eigenvalue weighted by molar-refractivity contribution is 0.0734. The van der Waals surface area contributed by atoms with Crippen molar-refractivity contribution in [3.8, 4) is 5.75 Å². The van der Waals surface area contributed by atoms with Gasteiger partial charge in [-0.15, -0.1) is 0 Å². The van der Waals surface area contributed by atoms with E-state index < -0.39 is 17.7 Å². The summed E-state index contributed by atoms with van der Waals surface area (Å²) in [6.07, 6.45) is 1.36. The van der Waals surface area contributed by atoms with Crippen LogP contribution in [0.5, 0.6) is 5.75 Å². The summed E-state index contributed by atoms with van der Waals surface area (Å²) >= 11 is 6.10. The number of carbonyl (C=O) groups excluding carboxylic acids is 2. The van der Waals surface area contributed by atoms with Crippen LogP contribution in [0, 0.1) is 5.82 Å². The number of nitrogens with one attached hydrogen (secondary N) is 1. The number of nitrogens with zero attached hydrogens (tertiary/aromatic N) is 1. The van der Waals surface area contributed by atoms with Crippen LogP contribution in [0.4, 0.5) is 4.39 Å². The summed E-state index contributed by atoms with van der Waals surface area (Å²) in [5.74, 6) is -1.75. The minimum Gasteiger partial charge on any atom is -0.422 e. The first kappa shape index (κ1) is 21.2. The van der Waals surface area contributed by atoms with E-state index in [0.29, 0.717) is 5.56 Å². The Hall–Kier alpha value is -4.03. The highest BCUT2D eigenvalue weighted by atomic mass is 35.5. The molecule has 0 atom stereocenters. The quantitative estimate of drug-likeness (QED) is 0.187. The molecule has 7 heteroatoms. The molecule has 0 aliphatic heterocycles. The molecule has 0 saturated carbocycles. The van der Waals surface area contributed by atoms with Gasteiger partial charge in [-0.2, -0.15) is 5.10 Å². The lowest BCUT2D eigenvalue weighted by Gasteiger charge is -2.11.